The molecule has 1 amide bonds. The minimum atomic E-state index is -1.11. The molecule has 0 saturated heterocycles. The number of carbonyl (C=O) groups is 2. The Hall–Kier alpha value is -3.18. The third kappa shape index (κ3) is 5.30. The number of fused-ring (bicyclic) bond motifs is 1. The van der Waals surface area contributed by atoms with Gasteiger partial charge in [-0.25, -0.2) is 4.79 Å². The molecule has 2 N–H and O–H groups in total. The minimum Gasteiger partial charge on any atom is -0.479 e. The van der Waals surface area contributed by atoms with Crippen LogP contribution in [0.1, 0.15) is 50.5 Å². The highest BCUT2D eigenvalue weighted by Gasteiger charge is 2.31. The van der Waals surface area contributed by atoms with Crippen molar-refractivity contribution >= 4 is 22.6 Å². The van der Waals surface area contributed by atoms with Gasteiger partial charge >= 0.3 is 5.97 Å². The van der Waals surface area contributed by atoms with Gasteiger partial charge in [0.1, 0.15) is 0 Å². The molecule has 31 heavy (non-hydrogen) atoms. The predicted molar refractivity (Wildman–Crippen MR) is 123 cm³/mol. The second-order valence-corrected chi connectivity index (χ2v) is 8.76. The second-order valence-electron chi connectivity index (χ2n) is 8.76. The van der Waals surface area contributed by atoms with Gasteiger partial charge in [0.15, 0.2) is 6.10 Å². The van der Waals surface area contributed by atoms with E-state index in [-0.39, 0.29) is 5.91 Å². The van der Waals surface area contributed by atoms with Gasteiger partial charge in [0.05, 0.1) is 5.60 Å². The smallest absolute Gasteiger partial charge is 0.337 e. The van der Waals surface area contributed by atoms with Crippen LogP contribution in [0.2, 0.25) is 0 Å². The molecule has 3 aromatic rings. The first-order valence-corrected chi connectivity index (χ1v) is 10.3. The lowest BCUT2D eigenvalue weighted by molar-refractivity contribution is -0.160. The Morgan fingerprint density at radius 1 is 1.06 bits per heavy atom. The molecule has 0 saturated carbocycles. The van der Waals surface area contributed by atoms with Gasteiger partial charge in [-0.05, 0) is 66.8 Å². The van der Waals surface area contributed by atoms with E-state index >= 15 is 0 Å². The first-order chi connectivity index (χ1) is 14.6. The number of nitrogens with one attached hydrogen (secondary N) is 1. The third-order valence-corrected chi connectivity index (χ3v) is 5.01. The standard InChI is InChI=1S/C26H29NO4/c1-16-13-19-10-6-7-12-21(19)23(22(16)24(25(29)30)31-26(3,4)5)20-11-8-9-18(14-20)15-27-17(2)28/h6-14,24H,15H2,1-5H3,(H,27,28)(H,29,30)/t24-/m0/s1. The number of carboxylic acid groups (broad SMARTS) is 1. The quantitative estimate of drug-likeness (QED) is 0.561. The number of amides is 1. The van der Waals surface area contributed by atoms with Crippen molar-refractivity contribution in [1.29, 1.82) is 0 Å². The average Bonchev–Trinajstić information content (AvgIpc) is 2.69. The molecule has 0 aliphatic carbocycles. The number of ether oxygens (including phenoxy) is 1. The third-order valence-electron chi connectivity index (χ3n) is 5.01. The molecule has 5 nitrogen and oxygen atoms in total. The van der Waals surface area contributed by atoms with E-state index in [2.05, 4.69) is 5.32 Å². The maximum atomic E-state index is 12.3. The topological polar surface area (TPSA) is 75.6 Å². The largest absolute Gasteiger partial charge is 0.479 e. The molecule has 0 aromatic heterocycles. The molecule has 0 spiro atoms. The Labute approximate surface area is 183 Å². The number of carbonyl (C=O) groups excluding carboxylic acids is 1. The first kappa shape index (κ1) is 22.5. The van der Waals surface area contributed by atoms with E-state index in [9.17, 15) is 14.7 Å². The Balaban J connectivity index is 2.28. The molecular weight excluding hydrogens is 390 g/mol. The molecule has 3 aromatic carbocycles. The van der Waals surface area contributed by atoms with Gasteiger partial charge in [-0.1, -0.05) is 48.5 Å². The SMILES string of the molecule is CC(=O)NCc1cccc(-c2c([C@H](OC(C)(C)C)C(=O)O)c(C)cc3ccccc23)c1. The van der Waals surface area contributed by atoms with Gasteiger partial charge in [0.25, 0.3) is 0 Å². The lowest BCUT2D eigenvalue weighted by atomic mass is 9.86. The van der Waals surface area contributed by atoms with Crippen LogP contribution in [0.15, 0.2) is 54.6 Å². The van der Waals surface area contributed by atoms with Crippen molar-refractivity contribution in [3.05, 3.63) is 71.3 Å². The average molecular weight is 420 g/mol. The maximum Gasteiger partial charge on any atom is 0.337 e. The van der Waals surface area contributed by atoms with E-state index in [1.165, 1.54) is 6.92 Å². The normalized spacial score (nSPS) is 12.5. The van der Waals surface area contributed by atoms with Crippen LogP contribution in [0.25, 0.3) is 21.9 Å². The van der Waals surface area contributed by atoms with Crippen molar-refractivity contribution < 1.29 is 19.4 Å². The van der Waals surface area contributed by atoms with E-state index in [4.69, 9.17) is 4.74 Å². The molecule has 0 aliphatic heterocycles. The fourth-order valence-electron chi connectivity index (χ4n) is 3.80. The molecule has 3 rings (SSSR count). The van der Waals surface area contributed by atoms with Gasteiger partial charge in [-0.3, -0.25) is 4.79 Å². The molecule has 5 heteroatoms. The number of aryl methyl sites for hydroxylation is 1. The lowest BCUT2D eigenvalue weighted by Crippen LogP contribution is -2.28. The molecule has 0 aliphatic rings. The van der Waals surface area contributed by atoms with E-state index in [0.717, 1.165) is 33.0 Å². The van der Waals surface area contributed by atoms with E-state index in [1.807, 2.05) is 82.3 Å². The zero-order valence-electron chi connectivity index (χ0n) is 18.7. The van der Waals surface area contributed by atoms with Crippen molar-refractivity contribution in [3.63, 3.8) is 0 Å². The summed E-state index contributed by atoms with van der Waals surface area (Å²) in [6.07, 6.45) is -1.11. The highest BCUT2D eigenvalue weighted by molar-refractivity contribution is 6.01. The summed E-state index contributed by atoms with van der Waals surface area (Å²) >= 11 is 0. The summed E-state index contributed by atoms with van der Waals surface area (Å²) in [6, 6.07) is 17.8. The van der Waals surface area contributed by atoms with Gasteiger partial charge in [0.2, 0.25) is 5.91 Å². The molecule has 0 unspecified atom stereocenters. The Bertz CT molecular complexity index is 1130. The Morgan fingerprint density at radius 2 is 1.77 bits per heavy atom. The van der Waals surface area contributed by atoms with Crippen LogP contribution in [-0.4, -0.2) is 22.6 Å². The van der Waals surface area contributed by atoms with Crippen LogP contribution in [0.3, 0.4) is 0 Å². The lowest BCUT2D eigenvalue weighted by Gasteiger charge is -2.28. The van der Waals surface area contributed by atoms with Gasteiger partial charge in [-0.15, -0.1) is 0 Å². The first-order valence-electron chi connectivity index (χ1n) is 10.3. The van der Waals surface area contributed by atoms with E-state index in [1.54, 1.807) is 0 Å². The number of hydrogen-bond donors (Lipinski definition) is 2. The number of benzene rings is 3. The van der Waals surface area contributed by atoms with Crippen molar-refractivity contribution in [2.45, 2.75) is 52.9 Å². The van der Waals surface area contributed by atoms with Crippen LogP contribution in [0.5, 0.6) is 0 Å². The van der Waals surface area contributed by atoms with Crippen LogP contribution in [-0.2, 0) is 20.9 Å². The molecule has 0 radical (unpaired) electrons. The monoisotopic (exact) mass is 419 g/mol. The summed E-state index contributed by atoms with van der Waals surface area (Å²) in [5.74, 6) is -1.12. The summed E-state index contributed by atoms with van der Waals surface area (Å²) in [5.41, 5.74) is 3.55. The molecule has 162 valence electrons. The fraction of sp³-hybridized carbons (Fsp3) is 0.308. The number of hydrogen-bond acceptors (Lipinski definition) is 3. The van der Waals surface area contributed by atoms with Crippen LogP contribution < -0.4 is 5.32 Å². The number of aliphatic carboxylic acids is 1. The molecular formula is C26H29NO4. The van der Waals surface area contributed by atoms with Crippen molar-refractivity contribution in [2.75, 3.05) is 0 Å². The maximum absolute atomic E-state index is 12.3. The van der Waals surface area contributed by atoms with E-state index < -0.39 is 17.7 Å². The molecule has 0 bridgehead atoms. The van der Waals surface area contributed by atoms with Gasteiger partial charge < -0.3 is 15.2 Å². The molecule has 1 atom stereocenters. The summed E-state index contributed by atoms with van der Waals surface area (Å²) < 4.78 is 6.03. The Kier molecular flexibility index (Phi) is 6.46. The van der Waals surface area contributed by atoms with E-state index in [0.29, 0.717) is 12.1 Å². The van der Waals surface area contributed by atoms with Crippen LogP contribution in [0.4, 0.5) is 0 Å². The van der Waals surface area contributed by atoms with Crippen molar-refractivity contribution in [1.82, 2.24) is 5.32 Å². The highest BCUT2D eigenvalue weighted by atomic mass is 16.5. The predicted octanol–water partition coefficient (Wildman–Crippen LogP) is 5.39. The van der Waals surface area contributed by atoms with Crippen LogP contribution >= 0.6 is 0 Å². The zero-order valence-corrected chi connectivity index (χ0v) is 18.7. The molecule has 0 heterocycles. The minimum absolute atomic E-state index is 0.100. The summed E-state index contributed by atoms with van der Waals surface area (Å²) in [5, 5.41) is 14.9. The Morgan fingerprint density at radius 3 is 2.42 bits per heavy atom. The van der Waals surface area contributed by atoms with Crippen LogP contribution in [0, 0.1) is 6.92 Å². The van der Waals surface area contributed by atoms with Gasteiger partial charge in [0, 0.05) is 19.0 Å². The fourth-order valence-corrected chi connectivity index (χ4v) is 3.80. The zero-order chi connectivity index (χ0) is 22.8. The summed E-state index contributed by atoms with van der Waals surface area (Å²) in [4.78, 5) is 23.7. The van der Waals surface area contributed by atoms with Gasteiger partial charge in [-0.2, -0.15) is 0 Å². The van der Waals surface area contributed by atoms with Crippen molar-refractivity contribution in [3.8, 4) is 11.1 Å². The summed E-state index contributed by atoms with van der Waals surface area (Å²) in [6.45, 7) is 9.38. The number of rotatable bonds is 6. The highest BCUT2D eigenvalue weighted by Crippen LogP contribution is 2.40. The van der Waals surface area contributed by atoms with Crippen molar-refractivity contribution in [2.24, 2.45) is 0 Å². The summed E-state index contributed by atoms with van der Waals surface area (Å²) in [7, 11) is 0. The number of carboxylic acids is 1. The second kappa shape index (κ2) is 8.90. The molecule has 0 fully saturated rings.